The van der Waals surface area contributed by atoms with E-state index in [2.05, 4.69) is 25.2 Å². The molecule has 1 fully saturated rings. The van der Waals surface area contributed by atoms with Crippen LogP contribution in [0.3, 0.4) is 0 Å². The molecule has 20 heavy (non-hydrogen) atoms. The lowest BCUT2D eigenvalue weighted by Crippen LogP contribution is -2.39. The van der Waals surface area contributed by atoms with Crippen molar-refractivity contribution in [3.8, 4) is 0 Å². The fourth-order valence-electron chi connectivity index (χ4n) is 3.72. The lowest BCUT2D eigenvalue weighted by atomic mass is 9.76. The zero-order chi connectivity index (χ0) is 14.2. The summed E-state index contributed by atoms with van der Waals surface area (Å²) in [4.78, 5) is 0. The standard InChI is InChI=1S/C18H33NO/c1-3-19-18(14-15-12-17(13-15)20-4-2)16-10-8-6-5-7-9-11-16/h10,15,17-19H,3-9,11-14H2,1-2H3. The van der Waals surface area contributed by atoms with Crippen LogP contribution in [0.4, 0.5) is 0 Å². The lowest BCUT2D eigenvalue weighted by Gasteiger charge is -2.38. The largest absolute Gasteiger partial charge is 0.378 e. The molecule has 2 aliphatic carbocycles. The molecule has 116 valence electrons. The van der Waals surface area contributed by atoms with Crippen molar-refractivity contribution in [3.05, 3.63) is 11.6 Å². The smallest absolute Gasteiger partial charge is 0.0580 e. The van der Waals surface area contributed by atoms with Gasteiger partial charge in [0, 0.05) is 12.6 Å². The van der Waals surface area contributed by atoms with E-state index in [-0.39, 0.29) is 0 Å². The highest BCUT2D eigenvalue weighted by atomic mass is 16.5. The number of hydrogen-bond donors (Lipinski definition) is 1. The maximum atomic E-state index is 5.70. The second-order valence-electron chi connectivity index (χ2n) is 6.49. The van der Waals surface area contributed by atoms with Crippen molar-refractivity contribution in [2.24, 2.45) is 5.92 Å². The summed E-state index contributed by atoms with van der Waals surface area (Å²) in [5.74, 6) is 0.877. The Bertz CT molecular complexity index is 294. The molecule has 2 nitrogen and oxygen atoms in total. The summed E-state index contributed by atoms with van der Waals surface area (Å²) >= 11 is 0. The molecule has 0 saturated heterocycles. The maximum absolute atomic E-state index is 5.70. The lowest BCUT2D eigenvalue weighted by molar-refractivity contribution is -0.0282. The zero-order valence-electron chi connectivity index (χ0n) is 13.5. The molecule has 0 heterocycles. The van der Waals surface area contributed by atoms with Crippen molar-refractivity contribution in [2.45, 2.75) is 83.8 Å². The van der Waals surface area contributed by atoms with E-state index in [1.54, 1.807) is 5.57 Å². The molecule has 2 heteroatoms. The van der Waals surface area contributed by atoms with Gasteiger partial charge >= 0.3 is 0 Å². The topological polar surface area (TPSA) is 21.3 Å². The predicted molar refractivity (Wildman–Crippen MR) is 86.0 cm³/mol. The molecule has 2 aliphatic rings. The van der Waals surface area contributed by atoms with Crippen LogP contribution in [0.15, 0.2) is 11.6 Å². The van der Waals surface area contributed by atoms with E-state index in [0.29, 0.717) is 12.1 Å². The Balaban J connectivity index is 1.83. The van der Waals surface area contributed by atoms with E-state index in [1.807, 2.05) is 0 Å². The van der Waals surface area contributed by atoms with Gasteiger partial charge in [-0.2, -0.15) is 0 Å². The second kappa shape index (κ2) is 8.84. The average Bonchev–Trinajstić information content (AvgIpc) is 2.35. The Kier molecular flexibility index (Phi) is 7.09. The molecule has 0 spiro atoms. The van der Waals surface area contributed by atoms with Crippen LogP contribution in [-0.4, -0.2) is 25.3 Å². The molecule has 2 rings (SSSR count). The first kappa shape index (κ1) is 16.0. The Labute approximate surface area is 125 Å². The van der Waals surface area contributed by atoms with Crippen LogP contribution in [0.2, 0.25) is 0 Å². The number of nitrogens with one attached hydrogen (secondary N) is 1. The van der Waals surface area contributed by atoms with E-state index in [4.69, 9.17) is 4.74 Å². The van der Waals surface area contributed by atoms with Crippen molar-refractivity contribution < 1.29 is 4.74 Å². The first-order valence-electron chi connectivity index (χ1n) is 8.87. The van der Waals surface area contributed by atoms with E-state index in [9.17, 15) is 0 Å². The third-order valence-corrected chi connectivity index (χ3v) is 4.89. The van der Waals surface area contributed by atoms with Gasteiger partial charge in [-0.1, -0.05) is 31.4 Å². The molecule has 1 atom stereocenters. The van der Waals surface area contributed by atoms with Crippen molar-refractivity contribution in [2.75, 3.05) is 13.2 Å². The van der Waals surface area contributed by atoms with Crippen LogP contribution in [0.1, 0.15) is 71.6 Å². The normalized spacial score (nSPS) is 29.0. The first-order chi connectivity index (χ1) is 9.83. The summed E-state index contributed by atoms with van der Waals surface area (Å²) in [6, 6.07) is 0.630. The van der Waals surface area contributed by atoms with Gasteiger partial charge in [-0.05, 0) is 64.3 Å². The fourth-order valence-corrected chi connectivity index (χ4v) is 3.72. The highest BCUT2D eigenvalue weighted by Crippen LogP contribution is 2.35. The molecule has 1 N–H and O–H groups in total. The summed E-state index contributed by atoms with van der Waals surface area (Å²) in [6.45, 7) is 6.30. The van der Waals surface area contributed by atoms with Crippen LogP contribution >= 0.6 is 0 Å². The summed E-state index contributed by atoms with van der Waals surface area (Å²) < 4.78 is 5.70. The molecule has 0 aromatic rings. The number of hydrogen-bond acceptors (Lipinski definition) is 2. The van der Waals surface area contributed by atoms with Gasteiger partial charge < -0.3 is 10.1 Å². The van der Waals surface area contributed by atoms with Crippen molar-refractivity contribution >= 4 is 0 Å². The maximum Gasteiger partial charge on any atom is 0.0580 e. The monoisotopic (exact) mass is 279 g/mol. The molecule has 0 amide bonds. The third-order valence-electron chi connectivity index (χ3n) is 4.89. The van der Waals surface area contributed by atoms with Gasteiger partial charge in [-0.15, -0.1) is 0 Å². The van der Waals surface area contributed by atoms with Gasteiger partial charge in [0.2, 0.25) is 0 Å². The summed E-state index contributed by atoms with van der Waals surface area (Å²) in [5, 5.41) is 3.74. The zero-order valence-corrected chi connectivity index (χ0v) is 13.5. The second-order valence-corrected chi connectivity index (χ2v) is 6.49. The van der Waals surface area contributed by atoms with Crippen molar-refractivity contribution in [3.63, 3.8) is 0 Å². The van der Waals surface area contributed by atoms with E-state index >= 15 is 0 Å². The molecule has 0 bridgehead atoms. The molecule has 0 aliphatic heterocycles. The SMILES string of the molecule is CCNC(CC1CC(OCC)C1)C1=CCCCCCC1. The Hall–Kier alpha value is -0.340. The molecule has 0 aromatic heterocycles. The van der Waals surface area contributed by atoms with Crippen LogP contribution < -0.4 is 5.32 Å². The average molecular weight is 279 g/mol. The third kappa shape index (κ3) is 4.89. The fraction of sp³-hybridized carbons (Fsp3) is 0.889. The van der Waals surface area contributed by atoms with Gasteiger partial charge in [-0.25, -0.2) is 0 Å². The van der Waals surface area contributed by atoms with Crippen molar-refractivity contribution in [1.82, 2.24) is 5.32 Å². The van der Waals surface area contributed by atoms with Crippen LogP contribution in [-0.2, 0) is 4.74 Å². The molecule has 0 radical (unpaired) electrons. The van der Waals surface area contributed by atoms with Crippen LogP contribution in [0, 0.1) is 5.92 Å². The highest BCUT2D eigenvalue weighted by Gasteiger charge is 2.32. The van der Waals surface area contributed by atoms with Gasteiger partial charge in [0.1, 0.15) is 0 Å². The van der Waals surface area contributed by atoms with Crippen LogP contribution in [0.25, 0.3) is 0 Å². The Morgan fingerprint density at radius 1 is 1.20 bits per heavy atom. The molecular formula is C18H33NO. The number of allylic oxidation sites excluding steroid dienone is 1. The van der Waals surface area contributed by atoms with Gasteiger partial charge in [0.25, 0.3) is 0 Å². The van der Waals surface area contributed by atoms with Gasteiger partial charge in [0.15, 0.2) is 0 Å². The molecule has 1 saturated carbocycles. The first-order valence-corrected chi connectivity index (χ1v) is 8.87. The number of ether oxygens (including phenoxy) is 1. The minimum Gasteiger partial charge on any atom is -0.378 e. The molecule has 1 unspecified atom stereocenters. The van der Waals surface area contributed by atoms with Crippen LogP contribution in [0.5, 0.6) is 0 Å². The molecular weight excluding hydrogens is 246 g/mol. The van der Waals surface area contributed by atoms with Crippen molar-refractivity contribution in [1.29, 1.82) is 0 Å². The van der Waals surface area contributed by atoms with Gasteiger partial charge in [-0.3, -0.25) is 0 Å². The number of likely N-dealkylation sites (N-methyl/N-ethyl adjacent to an activating group) is 1. The summed E-state index contributed by atoms with van der Waals surface area (Å²) in [7, 11) is 0. The van der Waals surface area contributed by atoms with E-state index < -0.39 is 0 Å². The Morgan fingerprint density at radius 2 is 2.00 bits per heavy atom. The summed E-state index contributed by atoms with van der Waals surface area (Å²) in [6.07, 6.45) is 15.2. The number of rotatable bonds is 7. The minimum absolute atomic E-state index is 0.554. The minimum atomic E-state index is 0.554. The predicted octanol–water partition coefficient (Wildman–Crippen LogP) is 4.45. The van der Waals surface area contributed by atoms with E-state index in [0.717, 1.165) is 19.1 Å². The Morgan fingerprint density at radius 3 is 2.75 bits per heavy atom. The summed E-state index contributed by atoms with van der Waals surface area (Å²) in [5.41, 5.74) is 1.70. The van der Waals surface area contributed by atoms with Gasteiger partial charge in [0.05, 0.1) is 6.10 Å². The van der Waals surface area contributed by atoms with E-state index in [1.165, 1.54) is 57.8 Å². The highest BCUT2D eigenvalue weighted by molar-refractivity contribution is 5.12. The quantitative estimate of drug-likeness (QED) is 0.695. The molecule has 0 aromatic carbocycles.